The van der Waals surface area contributed by atoms with Gasteiger partial charge < -0.3 is 10.2 Å². The van der Waals surface area contributed by atoms with Gasteiger partial charge in [-0.05, 0) is 44.2 Å². The van der Waals surface area contributed by atoms with Crippen molar-refractivity contribution in [3.8, 4) is 0 Å². The molecule has 82 valence electrons. The Hall–Kier alpha value is -0.730. The molecule has 0 spiro atoms. The molecule has 1 fully saturated rings. The molecule has 2 rings (SSSR count). The van der Waals surface area contributed by atoms with Gasteiger partial charge in [0.1, 0.15) is 0 Å². The fourth-order valence-corrected chi connectivity index (χ4v) is 2.23. The molecule has 1 atom stereocenters. The van der Waals surface area contributed by atoms with E-state index in [1.54, 1.807) is 0 Å². The molecule has 0 saturated carbocycles. The van der Waals surface area contributed by atoms with Crippen LogP contribution in [-0.2, 0) is 0 Å². The molecule has 1 aromatic carbocycles. The minimum absolute atomic E-state index is 0.620. The van der Waals surface area contributed by atoms with Gasteiger partial charge >= 0.3 is 0 Å². The molecule has 1 heterocycles. The average molecular weight is 225 g/mol. The van der Waals surface area contributed by atoms with Gasteiger partial charge in [-0.25, -0.2) is 0 Å². The van der Waals surface area contributed by atoms with E-state index >= 15 is 0 Å². The number of hydrogen-bond acceptors (Lipinski definition) is 2. The molecule has 0 aromatic heterocycles. The summed E-state index contributed by atoms with van der Waals surface area (Å²) in [6.07, 6.45) is 2.54. The summed E-state index contributed by atoms with van der Waals surface area (Å²) in [5, 5.41) is 4.15. The van der Waals surface area contributed by atoms with Crippen LogP contribution in [0.15, 0.2) is 24.3 Å². The minimum atomic E-state index is 0.620. The van der Waals surface area contributed by atoms with Gasteiger partial charge in [-0.2, -0.15) is 0 Å². The van der Waals surface area contributed by atoms with Gasteiger partial charge in [-0.3, -0.25) is 0 Å². The van der Waals surface area contributed by atoms with Gasteiger partial charge in [0.25, 0.3) is 0 Å². The zero-order chi connectivity index (χ0) is 10.7. The molecule has 1 aliphatic heterocycles. The van der Waals surface area contributed by atoms with Crippen molar-refractivity contribution in [1.82, 2.24) is 5.32 Å². The topological polar surface area (TPSA) is 15.3 Å². The van der Waals surface area contributed by atoms with Crippen LogP contribution in [0.5, 0.6) is 0 Å². The van der Waals surface area contributed by atoms with Crippen molar-refractivity contribution in [2.24, 2.45) is 0 Å². The molecule has 1 aromatic rings. The maximum Gasteiger partial charge on any atom is 0.0407 e. The summed E-state index contributed by atoms with van der Waals surface area (Å²) in [6.45, 7) is 2.25. The highest BCUT2D eigenvalue weighted by atomic mass is 35.5. The van der Waals surface area contributed by atoms with Gasteiger partial charge in [-0.15, -0.1) is 0 Å². The van der Waals surface area contributed by atoms with Gasteiger partial charge in [0.15, 0.2) is 0 Å². The predicted octanol–water partition coefficient (Wildman–Crippen LogP) is 2.53. The van der Waals surface area contributed by atoms with E-state index in [4.69, 9.17) is 11.6 Å². The zero-order valence-corrected chi connectivity index (χ0v) is 9.80. The highest BCUT2D eigenvalue weighted by Crippen LogP contribution is 2.21. The molecule has 0 aliphatic carbocycles. The molecular weight excluding hydrogens is 208 g/mol. The van der Waals surface area contributed by atoms with Crippen LogP contribution in [0.2, 0.25) is 5.02 Å². The second kappa shape index (κ2) is 4.86. The number of hydrogen-bond donors (Lipinski definition) is 1. The lowest BCUT2D eigenvalue weighted by Crippen LogP contribution is -2.44. The van der Waals surface area contributed by atoms with Crippen LogP contribution < -0.4 is 10.2 Å². The molecule has 15 heavy (non-hydrogen) atoms. The van der Waals surface area contributed by atoms with Crippen LogP contribution in [0, 0.1) is 0 Å². The van der Waals surface area contributed by atoms with Crippen molar-refractivity contribution in [2.45, 2.75) is 18.9 Å². The van der Waals surface area contributed by atoms with E-state index in [9.17, 15) is 0 Å². The first-order valence-electron chi connectivity index (χ1n) is 5.47. The summed E-state index contributed by atoms with van der Waals surface area (Å²) in [5.74, 6) is 0. The smallest absolute Gasteiger partial charge is 0.0407 e. The zero-order valence-electron chi connectivity index (χ0n) is 9.04. The lowest BCUT2D eigenvalue weighted by Gasteiger charge is -2.34. The average Bonchev–Trinajstić information content (AvgIpc) is 2.30. The number of halogens is 1. The van der Waals surface area contributed by atoms with Crippen molar-refractivity contribution in [2.75, 3.05) is 25.0 Å². The summed E-state index contributed by atoms with van der Waals surface area (Å²) in [4.78, 5) is 2.42. The number of anilines is 1. The molecule has 0 radical (unpaired) electrons. The Morgan fingerprint density at radius 1 is 1.33 bits per heavy atom. The summed E-state index contributed by atoms with van der Waals surface area (Å²) in [6, 6.07) is 8.73. The molecule has 1 saturated heterocycles. The summed E-state index contributed by atoms with van der Waals surface area (Å²) < 4.78 is 0. The Morgan fingerprint density at radius 2 is 2.07 bits per heavy atom. The van der Waals surface area contributed by atoms with Crippen LogP contribution in [-0.4, -0.2) is 26.2 Å². The predicted molar refractivity (Wildman–Crippen MR) is 65.7 cm³/mol. The van der Waals surface area contributed by atoms with E-state index in [1.807, 2.05) is 19.2 Å². The largest absolute Gasteiger partial charge is 0.370 e. The third kappa shape index (κ3) is 2.64. The van der Waals surface area contributed by atoms with Gasteiger partial charge in [-0.1, -0.05) is 11.6 Å². The van der Waals surface area contributed by atoms with E-state index < -0.39 is 0 Å². The molecular formula is C12H17ClN2. The van der Waals surface area contributed by atoms with Crippen LogP contribution in [0.3, 0.4) is 0 Å². The fraction of sp³-hybridized carbons (Fsp3) is 0.500. The Bertz CT molecular complexity index is 310. The van der Waals surface area contributed by atoms with E-state index in [-0.39, 0.29) is 0 Å². The Balaban J connectivity index is 2.06. The van der Waals surface area contributed by atoms with Crippen molar-refractivity contribution >= 4 is 17.3 Å². The monoisotopic (exact) mass is 224 g/mol. The molecule has 0 amide bonds. The van der Waals surface area contributed by atoms with Crippen molar-refractivity contribution in [3.63, 3.8) is 0 Å². The number of likely N-dealkylation sites (N-methyl/N-ethyl adjacent to an activating group) is 1. The van der Waals surface area contributed by atoms with Crippen molar-refractivity contribution < 1.29 is 0 Å². The number of piperidine rings is 1. The normalized spacial score (nSPS) is 21.7. The maximum atomic E-state index is 5.88. The lowest BCUT2D eigenvalue weighted by molar-refractivity contribution is 0.449. The van der Waals surface area contributed by atoms with E-state index in [0.717, 1.165) is 18.1 Å². The standard InChI is InChI=1S/C12H17ClN2/c1-14-11-3-2-8-15(9-11)12-6-4-10(13)5-7-12/h4-7,11,14H,2-3,8-9H2,1H3. The van der Waals surface area contributed by atoms with Gasteiger partial charge in [0.05, 0.1) is 0 Å². The van der Waals surface area contributed by atoms with Crippen LogP contribution >= 0.6 is 11.6 Å². The summed E-state index contributed by atoms with van der Waals surface area (Å²) in [7, 11) is 2.04. The minimum Gasteiger partial charge on any atom is -0.370 e. The lowest BCUT2D eigenvalue weighted by atomic mass is 10.1. The number of rotatable bonds is 2. The second-order valence-electron chi connectivity index (χ2n) is 4.05. The second-order valence-corrected chi connectivity index (χ2v) is 4.49. The molecule has 1 aliphatic rings. The Morgan fingerprint density at radius 3 is 2.73 bits per heavy atom. The number of nitrogens with one attached hydrogen (secondary N) is 1. The number of benzene rings is 1. The Kier molecular flexibility index (Phi) is 3.49. The van der Waals surface area contributed by atoms with E-state index in [2.05, 4.69) is 22.3 Å². The van der Waals surface area contributed by atoms with E-state index in [0.29, 0.717) is 6.04 Å². The van der Waals surface area contributed by atoms with Crippen LogP contribution in [0.4, 0.5) is 5.69 Å². The van der Waals surface area contributed by atoms with Crippen LogP contribution in [0.25, 0.3) is 0 Å². The first-order valence-corrected chi connectivity index (χ1v) is 5.85. The van der Waals surface area contributed by atoms with Crippen LogP contribution in [0.1, 0.15) is 12.8 Å². The summed E-state index contributed by atoms with van der Waals surface area (Å²) in [5.41, 5.74) is 1.28. The quantitative estimate of drug-likeness (QED) is 0.831. The van der Waals surface area contributed by atoms with Crippen molar-refractivity contribution in [3.05, 3.63) is 29.3 Å². The molecule has 2 nitrogen and oxygen atoms in total. The third-order valence-electron chi connectivity index (χ3n) is 3.02. The van der Waals surface area contributed by atoms with E-state index in [1.165, 1.54) is 18.5 Å². The number of nitrogens with zero attached hydrogens (tertiary/aromatic N) is 1. The van der Waals surface area contributed by atoms with Crippen molar-refractivity contribution in [1.29, 1.82) is 0 Å². The summed E-state index contributed by atoms with van der Waals surface area (Å²) >= 11 is 5.88. The first kappa shape index (κ1) is 10.8. The molecule has 1 N–H and O–H groups in total. The Labute approximate surface area is 96.2 Å². The third-order valence-corrected chi connectivity index (χ3v) is 3.27. The molecule has 1 unspecified atom stereocenters. The SMILES string of the molecule is CNC1CCCN(c2ccc(Cl)cc2)C1. The maximum absolute atomic E-state index is 5.88. The van der Waals surface area contributed by atoms with Gasteiger partial charge in [0.2, 0.25) is 0 Å². The first-order chi connectivity index (χ1) is 7.29. The fourth-order valence-electron chi connectivity index (χ4n) is 2.10. The molecule has 3 heteroatoms. The molecule has 0 bridgehead atoms. The van der Waals surface area contributed by atoms with Gasteiger partial charge in [0, 0.05) is 29.8 Å². The highest BCUT2D eigenvalue weighted by molar-refractivity contribution is 6.30. The highest BCUT2D eigenvalue weighted by Gasteiger charge is 2.18.